The fraction of sp³-hybridized carbons (Fsp3) is 0.421. The molecule has 2 N–H and O–H groups in total. The Morgan fingerprint density at radius 3 is 2.77 bits per heavy atom. The van der Waals surface area contributed by atoms with Crippen molar-refractivity contribution in [1.29, 1.82) is 0 Å². The molecular formula is C19H23N3O3S. The van der Waals surface area contributed by atoms with Gasteiger partial charge in [-0.25, -0.2) is 4.98 Å². The topological polar surface area (TPSA) is 82.5 Å². The first-order valence-corrected chi connectivity index (χ1v) is 9.63. The van der Waals surface area contributed by atoms with Crippen molar-refractivity contribution < 1.29 is 14.7 Å². The number of aliphatic carboxylic acids is 1. The van der Waals surface area contributed by atoms with Gasteiger partial charge in [0.1, 0.15) is 5.01 Å². The van der Waals surface area contributed by atoms with E-state index in [0.29, 0.717) is 12.1 Å². The van der Waals surface area contributed by atoms with Crippen LogP contribution >= 0.6 is 11.3 Å². The largest absolute Gasteiger partial charge is 0.480 e. The number of carboxylic acids is 1. The molecule has 1 aromatic heterocycles. The van der Waals surface area contributed by atoms with Gasteiger partial charge in [-0.15, -0.1) is 11.3 Å². The third-order valence-corrected chi connectivity index (χ3v) is 5.71. The van der Waals surface area contributed by atoms with Crippen LogP contribution in [0.2, 0.25) is 0 Å². The lowest BCUT2D eigenvalue weighted by molar-refractivity contribution is -0.139. The van der Waals surface area contributed by atoms with Crippen LogP contribution < -0.4 is 5.32 Å². The number of rotatable bonds is 7. The average Bonchev–Trinajstić information content (AvgIpc) is 3.02. The van der Waals surface area contributed by atoms with E-state index in [2.05, 4.69) is 10.3 Å². The number of carbonyl (C=O) groups excluding carboxylic acids is 1. The lowest BCUT2D eigenvalue weighted by Crippen LogP contribution is -2.54. The minimum absolute atomic E-state index is 0.0527. The summed E-state index contributed by atoms with van der Waals surface area (Å²) in [6.45, 7) is 4.66. The van der Waals surface area contributed by atoms with Crippen LogP contribution in [0.1, 0.15) is 35.8 Å². The second kappa shape index (κ2) is 7.97. The van der Waals surface area contributed by atoms with Crippen LogP contribution in [-0.4, -0.2) is 52.0 Å². The summed E-state index contributed by atoms with van der Waals surface area (Å²) in [4.78, 5) is 29.8. The molecule has 138 valence electrons. The highest BCUT2D eigenvalue weighted by atomic mass is 32.1. The van der Waals surface area contributed by atoms with E-state index < -0.39 is 5.97 Å². The predicted octanol–water partition coefficient (Wildman–Crippen LogP) is 2.79. The number of nitrogens with one attached hydrogen (secondary N) is 1. The van der Waals surface area contributed by atoms with Crippen LogP contribution in [0.4, 0.5) is 0 Å². The van der Waals surface area contributed by atoms with Crippen molar-refractivity contribution in [2.75, 3.05) is 13.1 Å². The van der Waals surface area contributed by atoms with Gasteiger partial charge >= 0.3 is 5.97 Å². The summed E-state index contributed by atoms with van der Waals surface area (Å²) < 4.78 is 0. The van der Waals surface area contributed by atoms with Crippen molar-refractivity contribution in [1.82, 2.24) is 15.2 Å². The van der Waals surface area contributed by atoms with Gasteiger partial charge in [-0.3, -0.25) is 14.5 Å². The summed E-state index contributed by atoms with van der Waals surface area (Å²) in [5.74, 6) is -0.904. The molecule has 3 rings (SSSR count). The quantitative estimate of drug-likeness (QED) is 0.780. The normalized spacial score (nSPS) is 19.2. The monoisotopic (exact) mass is 373 g/mol. The van der Waals surface area contributed by atoms with Gasteiger partial charge in [0.05, 0.1) is 6.54 Å². The Kier molecular flexibility index (Phi) is 5.68. The number of carbonyl (C=O) groups is 2. The Labute approximate surface area is 156 Å². The molecule has 6 nitrogen and oxygen atoms in total. The summed E-state index contributed by atoms with van der Waals surface area (Å²) in [7, 11) is 0. The number of hydrogen-bond donors (Lipinski definition) is 2. The van der Waals surface area contributed by atoms with E-state index in [0.717, 1.165) is 29.1 Å². The Bertz CT molecular complexity index is 799. The summed E-state index contributed by atoms with van der Waals surface area (Å²) in [5, 5.41) is 14.9. The number of carboxylic acid groups (broad SMARTS) is 1. The van der Waals surface area contributed by atoms with Crippen molar-refractivity contribution in [2.45, 2.75) is 38.8 Å². The Balaban J connectivity index is 1.57. The number of amides is 1. The van der Waals surface area contributed by atoms with E-state index in [1.807, 2.05) is 42.3 Å². The standard InChI is InChI=1S/C19H23N3O3S/c1-3-22(10-17(23)24)16-8-15(9-16)21-18(25)13-5-4-6-14(7-13)19-20-12(2)11-26-19/h4-7,11,15-16H,3,8-10H2,1-2H3,(H,21,25)(H,23,24). The summed E-state index contributed by atoms with van der Waals surface area (Å²) in [6, 6.07) is 7.83. The second-order valence-corrected chi connectivity index (χ2v) is 7.49. The van der Waals surface area contributed by atoms with Crippen molar-refractivity contribution in [3.63, 3.8) is 0 Å². The third kappa shape index (κ3) is 4.28. The molecule has 1 aliphatic rings. The van der Waals surface area contributed by atoms with Crippen molar-refractivity contribution in [2.24, 2.45) is 0 Å². The van der Waals surface area contributed by atoms with Gasteiger partial charge in [-0.05, 0) is 38.4 Å². The Hall–Kier alpha value is -2.25. The Morgan fingerprint density at radius 2 is 2.15 bits per heavy atom. The maximum atomic E-state index is 12.5. The molecule has 1 saturated carbocycles. The van der Waals surface area contributed by atoms with E-state index in [1.54, 1.807) is 17.4 Å². The summed E-state index contributed by atoms with van der Waals surface area (Å²) in [6.07, 6.45) is 1.58. The zero-order valence-electron chi connectivity index (χ0n) is 14.9. The molecule has 1 fully saturated rings. The molecule has 1 aliphatic carbocycles. The van der Waals surface area contributed by atoms with Crippen LogP contribution in [0.15, 0.2) is 29.6 Å². The smallest absolute Gasteiger partial charge is 0.317 e. The molecule has 0 spiro atoms. The lowest BCUT2D eigenvalue weighted by atomic mass is 9.85. The van der Waals surface area contributed by atoms with E-state index in [9.17, 15) is 9.59 Å². The second-order valence-electron chi connectivity index (χ2n) is 6.63. The number of benzene rings is 1. The van der Waals surface area contributed by atoms with Gasteiger partial charge in [0, 0.05) is 34.3 Å². The number of aryl methyl sites for hydroxylation is 1. The number of nitrogens with zero attached hydrogens (tertiary/aromatic N) is 2. The van der Waals surface area contributed by atoms with Crippen LogP contribution in [0.5, 0.6) is 0 Å². The molecule has 0 unspecified atom stereocenters. The third-order valence-electron chi connectivity index (χ3n) is 4.70. The molecule has 7 heteroatoms. The van der Waals surface area contributed by atoms with Gasteiger partial charge in [0.25, 0.3) is 5.91 Å². The minimum atomic E-state index is -0.812. The number of hydrogen-bond acceptors (Lipinski definition) is 5. The number of thiazole rings is 1. The molecule has 1 aromatic carbocycles. The van der Waals surface area contributed by atoms with Crippen LogP contribution in [0.3, 0.4) is 0 Å². The van der Waals surface area contributed by atoms with Crippen molar-refractivity contribution >= 4 is 23.2 Å². The van der Waals surface area contributed by atoms with E-state index in [-0.39, 0.29) is 24.5 Å². The SMILES string of the molecule is CCN(CC(=O)O)C1CC(NC(=O)c2cccc(-c3nc(C)cs3)c2)C1. The van der Waals surface area contributed by atoms with Crippen LogP contribution in [0.25, 0.3) is 10.6 Å². The maximum absolute atomic E-state index is 12.5. The fourth-order valence-corrected chi connectivity index (χ4v) is 4.02. The van der Waals surface area contributed by atoms with Gasteiger partial charge < -0.3 is 10.4 Å². The summed E-state index contributed by atoms with van der Waals surface area (Å²) in [5.41, 5.74) is 2.54. The van der Waals surface area contributed by atoms with Gasteiger partial charge in [0.2, 0.25) is 0 Å². The molecule has 0 aliphatic heterocycles. The first-order valence-electron chi connectivity index (χ1n) is 8.75. The highest BCUT2D eigenvalue weighted by molar-refractivity contribution is 7.13. The van der Waals surface area contributed by atoms with Crippen molar-refractivity contribution in [3.05, 3.63) is 40.9 Å². The Morgan fingerprint density at radius 1 is 1.38 bits per heavy atom. The van der Waals surface area contributed by atoms with Gasteiger partial charge in [0.15, 0.2) is 0 Å². The molecular weight excluding hydrogens is 350 g/mol. The maximum Gasteiger partial charge on any atom is 0.317 e. The molecule has 0 atom stereocenters. The molecule has 1 amide bonds. The number of aromatic nitrogens is 1. The van der Waals surface area contributed by atoms with E-state index in [4.69, 9.17) is 5.11 Å². The summed E-state index contributed by atoms with van der Waals surface area (Å²) >= 11 is 1.57. The van der Waals surface area contributed by atoms with E-state index in [1.165, 1.54) is 0 Å². The molecule has 2 aromatic rings. The van der Waals surface area contributed by atoms with Crippen molar-refractivity contribution in [3.8, 4) is 10.6 Å². The first-order chi connectivity index (χ1) is 12.5. The van der Waals surface area contributed by atoms with Crippen LogP contribution in [0, 0.1) is 6.92 Å². The van der Waals surface area contributed by atoms with Gasteiger partial charge in [-0.2, -0.15) is 0 Å². The fourth-order valence-electron chi connectivity index (χ4n) is 3.23. The minimum Gasteiger partial charge on any atom is -0.480 e. The molecule has 26 heavy (non-hydrogen) atoms. The average molecular weight is 373 g/mol. The zero-order chi connectivity index (χ0) is 18.7. The van der Waals surface area contributed by atoms with E-state index >= 15 is 0 Å². The first kappa shape index (κ1) is 18.5. The highest BCUT2D eigenvalue weighted by Crippen LogP contribution is 2.27. The zero-order valence-corrected chi connectivity index (χ0v) is 15.8. The number of likely N-dealkylation sites (N-methyl/N-ethyl adjacent to an activating group) is 1. The van der Waals surface area contributed by atoms with Crippen LogP contribution in [-0.2, 0) is 4.79 Å². The molecule has 0 radical (unpaired) electrons. The molecule has 0 saturated heterocycles. The lowest BCUT2D eigenvalue weighted by Gasteiger charge is -2.42. The highest BCUT2D eigenvalue weighted by Gasteiger charge is 2.34. The predicted molar refractivity (Wildman–Crippen MR) is 101 cm³/mol. The van der Waals surface area contributed by atoms with Gasteiger partial charge in [-0.1, -0.05) is 19.1 Å². The molecule has 0 bridgehead atoms. The molecule has 1 heterocycles.